The Kier molecular flexibility index (Phi) is 4.90. The Morgan fingerprint density at radius 2 is 1.79 bits per heavy atom. The molecular formula is C13H7Br2Cl2NO. The van der Waals surface area contributed by atoms with Crippen molar-refractivity contribution in [2.24, 2.45) is 0 Å². The summed E-state index contributed by atoms with van der Waals surface area (Å²) in [5.74, 6) is -0.277. The van der Waals surface area contributed by atoms with E-state index >= 15 is 0 Å². The van der Waals surface area contributed by atoms with Crippen molar-refractivity contribution in [3.05, 3.63) is 61.0 Å². The van der Waals surface area contributed by atoms with Crippen molar-refractivity contribution in [3.8, 4) is 0 Å². The monoisotopic (exact) mass is 421 g/mol. The van der Waals surface area contributed by atoms with Crippen molar-refractivity contribution >= 4 is 66.7 Å². The van der Waals surface area contributed by atoms with Gasteiger partial charge in [0.2, 0.25) is 0 Å². The molecule has 0 bridgehead atoms. The van der Waals surface area contributed by atoms with Crippen LogP contribution in [-0.2, 0) is 0 Å². The van der Waals surface area contributed by atoms with Crippen molar-refractivity contribution in [2.45, 2.75) is 0 Å². The maximum atomic E-state index is 12.1. The highest BCUT2D eigenvalue weighted by atomic mass is 79.9. The van der Waals surface area contributed by atoms with Gasteiger partial charge in [-0.1, -0.05) is 39.1 Å². The molecular weight excluding hydrogens is 417 g/mol. The van der Waals surface area contributed by atoms with Gasteiger partial charge in [0.05, 0.1) is 16.3 Å². The van der Waals surface area contributed by atoms with Crippen LogP contribution in [0.3, 0.4) is 0 Å². The molecule has 98 valence electrons. The first-order valence-electron chi connectivity index (χ1n) is 5.19. The first-order chi connectivity index (χ1) is 8.97. The maximum Gasteiger partial charge on any atom is 0.257 e. The molecule has 0 radical (unpaired) electrons. The summed E-state index contributed by atoms with van der Waals surface area (Å²) in [6.45, 7) is 0. The number of benzene rings is 2. The van der Waals surface area contributed by atoms with Gasteiger partial charge < -0.3 is 5.32 Å². The van der Waals surface area contributed by atoms with Crippen molar-refractivity contribution in [3.63, 3.8) is 0 Å². The molecule has 2 aromatic carbocycles. The van der Waals surface area contributed by atoms with Crippen LogP contribution >= 0.6 is 55.1 Å². The molecule has 0 atom stereocenters. The largest absolute Gasteiger partial charge is 0.321 e. The van der Waals surface area contributed by atoms with Gasteiger partial charge in [0, 0.05) is 14.0 Å². The smallest absolute Gasteiger partial charge is 0.257 e. The minimum Gasteiger partial charge on any atom is -0.321 e. The minimum absolute atomic E-state index is 0.277. The Labute approximate surface area is 137 Å². The second-order valence-electron chi connectivity index (χ2n) is 3.70. The Morgan fingerprint density at radius 3 is 2.42 bits per heavy atom. The fraction of sp³-hybridized carbons (Fsp3) is 0. The molecule has 0 spiro atoms. The second kappa shape index (κ2) is 6.27. The van der Waals surface area contributed by atoms with Gasteiger partial charge in [-0.25, -0.2) is 0 Å². The van der Waals surface area contributed by atoms with E-state index in [-0.39, 0.29) is 5.91 Å². The molecule has 0 aliphatic heterocycles. The summed E-state index contributed by atoms with van der Waals surface area (Å²) >= 11 is 18.5. The minimum atomic E-state index is -0.277. The number of hydrogen-bond donors (Lipinski definition) is 1. The Morgan fingerprint density at radius 1 is 1.05 bits per heavy atom. The summed E-state index contributed by atoms with van der Waals surface area (Å²) in [5, 5.41) is 3.75. The molecule has 0 fully saturated rings. The molecule has 0 aliphatic carbocycles. The van der Waals surface area contributed by atoms with Crippen LogP contribution in [0.15, 0.2) is 45.3 Å². The predicted molar refractivity (Wildman–Crippen MR) is 86.3 cm³/mol. The van der Waals surface area contributed by atoms with Gasteiger partial charge in [-0.3, -0.25) is 4.79 Å². The average Bonchev–Trinajstić information content (AvgIpc) is 2.32. The Bertz CT molecular complexity index is 647. The van der Waals surface area contributed by atoms with Crippen molar-refractivity contribution < 1.29 is 4.79 Å². The fourth-order valence-electron chi connectivity index (χ4n) is 1.45. The van der Waals surface area contributed by atoms with Gasteiger partial charge >= 0.3 is 0 Å². The molecule has 0 aromatic heterocycles. The molecule has 19 heavy (non-hydrogen) atoms. The van der Waals surface area contributed by atoms with Crippen molar-refractivity contribution in [1.29, 1.82) is 0 Å². The number of hydrogen-bond acceptors (Lipinski definition) is 1. The highest BCUT2D eigenvalue weighted by Crippen LogP contribution is 2.27. The topological polar surface area (TPSA) is 29.1 Å². The van der Waals surface area contributed by atoms with E-state index in [1.54, 1.807) is 36.4 Å². The molecule has 0 saturated heterocycles. The number of carbonyl (C=O) groups excluding carboxylic acids is 1. The lowest BCUT2D eigenvalue weighted by molar-refractivity contribution is 0.102. The van der Waals surface area contributed by atoms with Crippen molar-refractivity contribution in [2.75, 3.05) is 5.32 Å². The molecule has 2 nitrogen and oxygen atoms in total. The van der Waals surface area contributed by atoms with Gasteiger partial charge in [0.15, 0.2) is 0 Å². The lowest BCUT2D eigenvalue weighted by Crippen LogP contribution is -2.12. The standard InChI is InChI=1S/C13H7Br2Cl2NO/c14-7-1-3-9(11(17)5-7)13(19)18-12-4-2-8(16)6-10(12)15/h1-6H,(H,18,19). The summed E-state index contributed by atoms with van der Waals surface area (Å²) in [6.07, 6.45) is 0. The fourth-order valence-corrected chi connectivity index (χ4v) is 3.00. The van der Waals surface area contributed by atoms with Crippen LogP contribution in [0.5, 0.6) is 0 Å². The van der Waals surface area contributed by atoms with E-state index in [4.69, 9.17) is 23.2 Å². The van der Waals surface area contributed by atoms with Gasteiger partial charge in [-0.2, -0.15) is 0 Å². The van der Waals surface area contributed by atoms with Gasteiger partial charge in [-0.05, 0) is 52.3 Å². The van der Waals surface area contributed by atoms with E-state index in [0.717, 1.165) is 4.47 Å². The molecule has 0 aliphatic rings. The quantitative estimate of drug-likeness (QED) is 0.652. The lowest BCUT2D eigenvalue weighted by Gasteiger charge is -2.09. The molecule has 0 heterocycles. The summed E-state index contributed by atoms with van der Waals surface area (Å²) in [7, 11) is 0. The van der Waals surface area contributed by atoms with Gasteiger partial charge in [0.25, 0.3) is 5.91 Å². The van der Waals surface area contributed by atoms with E-state index in [1.807, 2.05) is 0 Å². The van der Waals surface area contributed by atoms with Gasteiger partial charge in [0.1, 0.15) is 0 Å². The van der Waals surface area contributed by atoms with Crippen LogP contribution in [-0.4, -0.2) is 5.91 Å². The van der Waals surface area contributed by atoms with Crippen LogP contribution in [0.4, 0.5) is 5.69 Å². The van der Waals surface area contributed by atoms with Crippen molar-refractivity contribution in [1.82, 2.24) is 0 Å². The third-order valence-electron chi connectivity index (χ3n) is 2.36. The van der Waals surface area contributed by atoms with Crippen LogP contribution < -0.4 is 5.32 Å². The summed E-state index contributed by atoms with van der Waals surface area (Å²) in [6, 6.07) is 10.2. The zero-order valence-corrected chi connectivity index (χ0v) is 14.1. The SMILES string of the molecule is O=C(Nc1ccc(Cl)cc1Br)c1ccc(Br)cc1Cl. The highest BCUT2D eigenvalue weighted by molar-refractivity contribution is 9.10. The predicted octanol–water partition coefficient (Wildman–Crippen LogP) is 5.77. The molecule has 6 heteroatoms. The molecule has 0 saturated carbocycles. The number of anilines is 1. The first kappa shape index (κ1) is 14.9. The number of carbonyl (C=O) groups is 1. The Balaban J connectivity index is 2.25. The van der Waals surface area contributed by atoms with Crippen LogP contribution in [0.2, 0.25) is 10.0 Å². The third-order valence-corrected chi connectivity index (χ3v) is 4.05. The van der Waals surface area contributed by atoms with E-state index in [1.165, 1.54) is 0 Å². The molecule has 0 unspecified atom stereocenters. The molecule has 2 aromatic rings. The van der Waals surface area contributed by atoms with Crippen LogP contribution in [0.25, 0.3) is 0 Å². The van der Waals surface area contributed by atoms with Crippen LogP contribution in [0, 0.1) is 0 Å². The van der Waals surface area contributed by atoms with E-state index in [2.05, 4.69) is 37.2 Å². The molecule has 1 amide bonds. The lowest BCUT2D eigenvalue weighted by atomic mass is 10.2. The first-order valence-corrected chi connectivity index (χ1v) is 7.53. The van der Waals surface area contributed by atoms with E-state index < -0.39 is 0 Å². The molecule has 1 N–H and O–H groups in total. The summed E-state index contributed by atoms with van der Waals surface area (Å²) in [4.78, 5) is 12.1. The summed E-state index contributed by atoms with van der Waals surface area (Å²) in [5.41, 5.74) is 1.04. The maximum absolute atomic E-state index is 12.1. The molecule has 2 rings (SSSR count). The zero-order chi connectivity index (χ0) is 14.0. The second-order valence-corrected chi connectivity index (χ2v) is 6.32. The number of amides is 1. The number of halogens is 4. The normalized spacial score (nSPS) is 10.3. The average molecular weight is 424 g/mol. The van der Waals surface area contributed by atoms with Gasteiger partial charge in [-0.15, -0.1) is 0 Å². The van der Waals surface area contributed by atoms with Crippen LogP contribution in [0.1, 0.15) is 10.4 Å². The summed E-state index contributed by atoms with van der Waals surface area (Å²) < 4.78 is 1.53. The third kappa shape index (κ3) is 3.72. The Hall–Kier alpha value is -0.550. The highest BCUT2D eigenvalue weighted by Gasteiger charge is 2.12. The number of nitrogens with one attached hydrogen (secondary N) is 1. The number of rotatable bonds is 2. The van der Waals surface area contributed by atoms with E-state index in [9.17, 15) is 4.79 Å². The van der Waals surface area contributed by atoms with E-state index in [0.29, 0.717) is 25.8 Å². The zero-order valence-electron chi connectivity index (χ0n) is 9.38.